The summed E-state index contributed by atoms with van der Waals surface area (Å²) in [5.41, 5.74) is -3.54. The van der Waals surface area contributed by atoms with Crippen molar-refractivity contribution in [3.63, 3.8) is 0 Å². The summed E-state index contributed by atoms with van der Waals surface area (Å²) >= 11 is 0. The fraction of sp³-hybridized carbons (Fsp3) is 0.492. The molecule has 0 aromatic heterocycles. The molecule has 0 unspecified atom stereocenters. The number of ether oxygens (including phenoxy) is 11. The zero-order chi connectivity index (χ0) is 60.1. The number of hydrogen-bond donors (Lipinski definition) is 2. The van der Waals surface area contributed by atoms with E-state index in [9.17, 15) is 39.3 Å². The van der Waals surface area contributed by atoms with Crippen molar-refractivity contribution < 1.29 is 111 Å². The van der Waals surface area contributed by atoms with Crippen molar-refractivity contribution in [1.82, 2.24) is 0 Å². The minimum atomic E-state index is -1.53. The number of carbonyl (C=O) groups excluding carboxylic acids is 5. The number of esters is 3. The summed E-state index contributed by atoms with van der Waals surface area (Å²) in [4.78, 5) is 81.7. The van der Waals surface area contributed by atoms with Crippen LogP contribution in [0.15, 0.2) is 140 Å². The van der Waals surface area contributed by atoms with Crippen LogP contribution in [0.5, 0.6) is 0 Å². The molecule has 14 atom stereocenters. The molecule has 3 aromatic carbocycles. The number of carbonyl (C=O) groups is 5. The molecule has 84 heavy (non-hydrogen) atoms. The Bertz CT molecular complexity index is 3050. The number of rotatable bonds is 10. The minimum absolute atomic E-state index is 0.0314. The third kappa shape index (κ3) is 11.9. The molecule has 3 aromatic rings. The largest absolute Gasteiger partial charge is 0.852 e. The van der Waals surface area contributed by atoms with E-state index in [0.29, 0.717) is 16.7 Å². The molecule has 12 aliphatic rings. The van der Waals surface area contributed by atoms with Crippen LogP contribution in [0.1, 0.15) is 86.5 Å². The van der Waals surface area contributed by atoms with Gasteiger partial charge >= 0.3 is 17.9 Å². The van der Waals surface area contributed by atoms with Gasteiger partial charge in [-0.05, 0) is 116 Å². The SMILES string of the molecule is CC1(C)O[C@@H]2C(=O)C=C[C@@H](O)[C@]2(COC(=O)c2ccccc2)O1.CC1(C)O[C@@H]2[C@@H](O)C=CC(=O)[C@]2(COC(=O)c2ccccc2)O1.CC1(C)O[C@@H]2[C@@H]3C=C[C@@H](OO3)[C@]2(COC(=O)c2ccccc2)O1.CC1(C)O[C@@H]2[C@@H]3C=C[C@@H](OO3)[C@]2(C[O-])O1. The first-order chi connectivity index (χ1) is 39.8. The fourth-order valence-corrected chi connectivity index (χ4v) is 11.6. The highest BCUT2D eigenvalue weighted by Gasteiger charge is 2.67. The molecule has 0 amide bonds. The molecule has 4 bridgehead atoms. The van der Waals surface area contributed by atoms with Gasteiger partial charge in [-0.1, -0.05) is 78.9 Å². The Hall–Kier alpha value is -6.23. The molecular weight excluding hydrogens is 1100 g/mol. The highest BCUT2D eigenvalue weighted by atomic mass is 17.2. The lowest BCUT2D eigenvalue weighted by atomic mass is 9.82. The molecule has 23 nitrogen and oxygen atoms in total. The van der Waals surface area contributed by atoms with Gasteiger partial charge in [0, 0.05) is 0 Å². The average Bonchev–Trinajstić information content (AvgIpc) is 1.84. The van der Waals surface area contributed by atoms with Crippen molar-refractivity contribution in [1.29, 1.82) is 0 Å². The van der Waals surface area contributed by atoms with Crippen molar-refractivity contribution in [3.8, 4) is 0 Å². The van der Waals surface area contributed by atoms with Crippen molar-refractivity contribution in [2.24, 2.45) is 0 Å². The van der Waals surface area contributed by atoms with Gasteiger partial charge in [0.2, 0.25) is 0 Å². The molecule has 23 heteroatoms. The Kier molecular flexibility index (Phi) is 16.8. The smallest absolute Gasteiger partial charge is 0.338 e. The molecule has 8 heterocycles. The predicted octanol–water partition coefficient (Wildman–Crippen LogP) is 3.98. The second-order valence-electron chi connectivity index (χ2n) is 23.2. The van der Waals surface area contributed by atoms with Crippen LogP contribution in [-0.4, -0.2) is 173 Å². The summed E-state index contributed by atoms with van der Waals surface area (Å²) in [6, 6.07) is 25.8. The summed E-state index contributed by atoms with van der Waals surface area (Å²) in [7, 11) is 0. The maximum Gasteiger partial charge on any atom is 0.338 e. The molecule has 15 rings (SSSR count). The molecule has 6 saturated heterocycles. The summed E-state index contributed by atoms with van der Waals surface area (Å²) < 4.78 is 62.4. The van der Waals surface area contributed by atoms with Crippen LogP contribution in [0.4, 0.5) is 0 Å². The quantitative estimate of drug-likeness (QED) is 0.126. The van der Waals surface area contributed by atoms with E-state index < -0.39 is 107 Å². The number of hydrogen-bond acceptors (Lipinski definition) is 23. The minimum Gasteiger partial charge on any atom is -0.852 e. The molecule has 450 valence electrons. The number of aliphatic hydroxyl groups excluding tert-OH is 2. The summed E-state index contributed by atoms with van der Waals surface area (Å²) in [6.07, 6.45) is 6.14. The normalized spacial score (nSPS) is 36.5. The van der Waals surface area contributed by atoms with Crippen LogP contribution < -0.4 is 5.11 Å². The van der Waals surface area contributed by atoms with Crippen molar-refractivity contribution in [2.45, 2.75) is 162 Å². The van der Waals surface area contributed by atoms with Crippen molar-refractivity contribution >= 4 is 29.5 Å². The van der Waals surface area contributed by atoms with Crippen LogP contribution in [0.2, 0.25) is 0 Å². The molecule has 2 N–H and O–H groups in total. The topological polar surface area (TPSA) is 287 Å². The zero-order valence-corrected chi connectivity index (χ0v) is 47.3. The first kappa shape index (κ1) is 60.9. The number of benzene rings is 3. The molecular formula is C61H67O23-. The standard InChI is InChI=1S/3C17H18O6.C10H13O5/c1-16(2)20-14-12-8-9-13(22-21-12)17(14,23-16)10-19-15(18)11-6-4-3-5-7-11;2*1-16(2)22-14-12(18)8-9-13(19)17(14,23-16)10-21-15(20)11-6-4-3-5-7-11;1-9(2)12-8-6-3-4-7(14-13-6)10(8,5-11)15-9/h3-9,12-14H,10H2,1-2H3;3-9,13-14,19H,10H2,1-2H3;3-9,12,14,18H,10H2,1-2H3;3-4,6-8H,5H2,1-2H3/q;;;-1/t12-,13+,14+,17-;13-,14-,17+;12-,14+,17-;6-,7+,8+,10-/m0100/s1. The Morgan fingerprint density at radius 1 is 0.476 bits per heavy atom. The second-order valence-corrected chi connectivity index (χ2v) is 23.2. The van der Waals surface area contributed by atoms with E-state index >= 15 is 0 Å². The Balaban J connectivity index is 0.000000126. The van der Waals surface area contributed by atoms with Crippen LogP contribution in [0.25, 0.3) is 0 Å². The summed E-state index contributed by atoms with van der Waals surface area (Å²) in [6.45, 7) is 12.8. The van der Waals surface area contributed by atoms with Gasteiger partial charge in [-0.2, -0.15) is 0 Å². The fourth-order valence-electron chi connectivity index (χ4n) is 11.6. The lowest BCUT2D eigenvalue weighted by molar-refractivity contribution is -0.460. The maximum absolute atomic E-state index is 12.4. The van der Waals surface area contributed by atoms with E-state index in [-0.39, 0.29) is 55.8 Å². The van der Waals surface area contributed by atoms with Gasteiger partial charge < -0.3 is 67.4 Å². The molecule has 4 aliphatic carbocycles. The van der Waals surface area contributed by atoms with E-state index in [4.69, 9.17) is 71.7 Å². The number of fused-ring (bicyclic) bond motifs is 4. The molecule has 0 saturated carbocycles. The Labute approximate surface area is 483 Å². The monoisotopic (exact) mass is 1170 g/mol. The van der Waals surface area contributed by atoms with Crippen LogP contribution in [-0.2, 0) is 81.2 Å². The third-order valence-corrected chi connectivity index (χ3v) is 15.2. The maximum atomic E-state index is 12.4. The molecule has 0 spiro atoms. The van der Waals surface area contributed by atoms with Crippen molar-refractivity contribution in [2.75, 3.05) is 26.4 Å². The lowest BCUT2D eigenvalue weighted by Gasteiger charge is -2.48. The van der Waals surface area contributed by atoms with Gasteiger partial charge in [-0.3, -0.25) is 9.59 Å². The lowest BCUT2D eigenvalue weighted by Crippen LogP contribution is -2.66. The molecule has 6 fully saturated rings. The zero-order valence-electron chi connectivity index (χ0n) is 47.3. The summed E-state index contributed by atoms with van der Waals surface area (Å²) in [5.74, 6) is -5.92. The highest BCUT2D eigenvalue weighted by molar-refractivity contribution is 6.00. The van der Waals surface area contributed by atoms with Crippen LogP contribution in [0, 0.1) is 0 Å². The molecule has 8 aliphatic heterocycles. The third-order valence-electron chi connectivity index (χ3n) is 15.2. The van der Waals surface area contributed by atoms with Gasteiger partial charge in [0.15, 0.2) is 57.6 Å². The van der Waals surface area contributed by atoms with E-state index in [1.54, 1.807) is 126 Å². The van der Waals surface area contributed by atoms with Crippen LogP contribution in [0.3, 0.4) is 0 Å². The van der Waals surface area contributed by atoms with E-state index in [2.05, 4.69) is 0 Å². The van der Waals surface area contributed by atoms with E-state index in [1.165, 1.54) is 24.3 Å². The van der Waals surface area contributed by atoms with Gasteiger partial charge in [0.25, 0.3) is 0 Å². The average molecular weight is 1170 g/mol. The molecule has 0 radical (unpaired) electrons. The first-order valence-electron chi connectivity index (χ1n) is 27.3. The first-order valence-corrected chi connectivity index (χ1v) is 27.3. The van der Waals surface area contributed by atoms with Gasteiger partial charge in [-0.25, -0.2) is 33.9 Å². The van der Waals surface area contributed by atoms with Crippen LogP contribution >= 0.6 is 0 Å². The van der Waals surface area contributed by atoms with Gasteiger partial charge in [0.05, 0.1) is 16.7 Å². The summed E-state index contributed by atoms with van der Waals surface area (Å²) in [5, 5.41) is 31.8. The van der Waals surface area contributed by atoms with E-state index in [0.717, 1.165) is 0 Å². The van der Waals surface area contributed by atoms with Gasteiger partial charge in [0.1, 0.15) is 80.4 Å². The predicted molar refractivity (Wildman–Crippen MR) is 284 cm³/mol. The second kappa shape index (κ2) is 23.2. The highest BCUT2D eigenvalue weighted by Crippen LogP contribution is 2.50. The van der Waals surface area contributed by atoms with Gasteiger partial charge in [-0.15, -0.1) is 6.61 Å². The number of ketones is 2. The van der Waals surface area contributed by atoms with E-state index in [1.807, 2.05) is 44.2 Å². The Morgan fingerprint density at radius 2 is 0.893 bits per heavy atom. The van der Waals surface area contributed by atoms with Crippen molar-refractivity contribution in [3.05, 3.63) is 156 Å². The number of aliphatic hydroxyl groups is 2. The Morgan fingerprint density at radius 3 is 1.37 bits per heavy atom.